The zero-order valence-electron chi connectivity index (χ0n) is 18.1. The van der Waals surface area contributed by atoms with Gasteiger partial charge in [-0.3, -0.25) is 9.59 Å². The van der Waals surface area contributed by atoms with Crippen molar-refractivity contribution in [3.05, 3.63) is 59.8 Å². The van der Waals surface area contributed by atoms with Gasteiger partial charge in [-0.05, 0) is 57.7 Å². The summed E-state index contributed by atoms with van der Waals surface area (Å²) >= 11 is 0. The number of allylic oxidation sites excluding steroid dienone is 5. The van der Waals surface area contributed by atoms with Crippen LogP contribution in [0.4, 0.5) is 5.82 Å². The molecule has 7 heteroatoms. The summed E-state index contributed by atoms with van der Waals surface area (Å²) in [5, 5.41) is 8.89. The molecule has 0 radical (unpaired) electrons. The first-order valence-corrected chi connectivity index (χ1v) is 10.3. The summed E-state index contributed by atoms with van der Waals surface area (Å²) < 4.78 is 0. The molecule has 1 aliphatic heterocycles. The fourth-order valence-electron chi connectivity index (χ4n) is 3.39. The highest BCUT2D eigenvalue weighted by molar-refractivity contribution is 5.89. The molecule has 5 N–H and O–H groups in total. The summed E-state index contributed by atoms with van der Waals surface area (Å²) in [6.45, 7) is 10.7. The van der Waals surface area contributed by atoms with Crippen molar-refractivity contribution >= 4 is 17.6 Å². The zero-order valence-corrected chi connectivity index (χ0v) is 18.1. The lowest BCUT2D eigenvalue weighted by Gasteiger charge is -2.30. The lowest BCUT2D eigenvalue weighted by Crippen LogP contribution is -2.53. The van der Waals surface area contributed by atoms with Crippen LogP contribution < -0.4 is 21.7 Å². The molecular weight excluding hydrogens is 378 g/mol. The second-order valence-corrected chi connectivity index (χ2v) is 7.62. The minimum Gasteiger partial charge on any atom is -0.384 e. The number of hydrogen-bond acceptors (Lipinski definition) is 5. The maximum Gasteiger partial charge on any atom is 0.242 e. The van der Waals surface area contributed by atoms with Crippen LogP contribution in [-0.2, 0) is 16.1 Å². The Bertz CT molecular complexity index is 831. The lowest BCUT2D eigenvalue weighted by molar-refractivity contribution is -0.130. The molecule has 1 aromatic heterocycles. The normalized spacial score (nSPS) is 20.2. The van der Waals surface area contributed by atoms with Crippen molar-refractivity contribution < 1.29 is 9.59 Å². The van der Waals surface area contributed by atoms with Crippen LogP contribution in [0.25, 0.3) is 0 Å². The third-order valence-corrected chi connectivity index (χ3v) is 5.28. The Kier molecular flexibility index (Phi) is 8.80. The SMILES string of the molecule is C=C(/C=C\C=C/C)[C@@H]1CCN[C@@H](C(=O)N[C@@H](C)C(=O)NCc2ccc(N)nc2C)C1. The maximum absolute atomic E-state index is 12.7. The van der Waals surface area contributed by atoms with E-state index >= 15 is 0 Å². The molecule has 7 nitrogen and oxygen atoms in total. The number of aromatic nitrogens is 1. The van der Waals surface area contributed by atoms with E-state index in [-0.39, 0.29) is 23.8 Å². The predicted octanol–water partition coefficient (Wildman–Crippen LogP) is 2.15. The highest BCUT2D eigenvalue weighted by atomic mass is 16.2. The van der Waals surface area contributed by atoms with Crippen LogP contribution in [0.15, 0.2) is 48.6 Å². The van der Waals surface area contributed by atoms with Gasteiger partial charge >= 0.3 is 0 Å². The standard InChI is InChI=1S/C23H33N5O2/c1-5-6-7-8-15(2)18-11-12-25-20(13-18)23(30)28-17(4)22(29)26-14-19-9-10-21(24)27-16(19)3/h5-10,17-18,20,25H,2,11-14H2,1,3-4H3,(H2,24,27)(H,26,29)(H,28,30)/b6-5-,8-7-/t17-,18+,20+/m0/s1. The van der Waals surface area contributed by atoms with Gasteiger partial charge in [-0.2, -0.15) is 0 Å². The van der Waals surface area contributed by atoms with Gasteiger partial charge in [-0.1, -0.05) is 42.5 Å². The molecule has 1 aromatic rings. The summed E-state index contributed by atoms with van der Waals surface area (Å²) in [5.74, 6) is 0.277. The molecule has 0 saturated carbocycles. The van der Waals surface area contributed by atoms with Gasteiger partial charge in [0.1, 0.15) is 11.9 Å². The topological polar surface area (TPSA) is 109 Å². The number of nitrogens with zero attached hydrogens (tertiary/aromatic N) is 1. The van der Waals surface area contributed by atoms with Gasteiger partial charge in [0, 0.05) is 12.2 Å². The Hall–Kier alpha value is -2.93. The van der Waals surface area contributed by atoms with Gasteiger partial charge in [-0.25, -0.2) is 4.98 Å². The van der Waals surface area contributed by atoms with Gasteiger partial charge in [0.05, 0.1) is 6.04 Å². The van der Waals surface area contributed by atoms with E-state index in [1.807, 2.05) is 44.2 Å². The number of anilines is 1. The fourth-order valence-corrected chi connectivity index (χ4v) is 3.39. The fraction of sp³-hybridized carbons (Fsp3) is 0.435. The molecule has 0 aliphatic carbocycles. The average Bonchev–Trinajstić information content (AvgIpc) is 2.73. The molecule has 1 fully saturated rings. The van der Waals surface area contributed by atoms with E-state index in [0.29, 0.717) is 18.8 Å². The van der Waals surface area contributed by atoms with E-state index in [9.17, 15) is 9.59 Å². The summed E-state index contributed by atoms with van der Waals surface area (Å²) in [5.41, 5.74) is 8.33. The molecular formula is C23H33N5O2. The molecule has 162 valence electrons. The van der Waals surface area contributed by atoms with Crippen LogP contribution >= 0.6 is 0 Å². The molecule has 3 atom stereocenters. The van der Waals surface area contributed by atoms with E-state index in [0.717, 1.165) is 29.8 Å². The number of nitrogen functional groups attached to an aromatic ring is 1. The minimum atomic E-state index is -0.639. The van der Waals surface area contributed by atoms with E-state index < -0.39 is 6.04 Å². The van der Waals surface area contributed by atoms with Crippen molar-refractivity contribution in [1.29, 1.82) is 0 Å². The van der Waals surface area contributed by atoms with Crippen molar-refractivity contribution in [3.63, 3.8) is 0 Å². The first kappa shape index (κ1) is 23.3. The smallest absolute Gasteiger partial charge is 0.242 e. The third-order valence-electron chi connectivity index (χ3n) is 5.28. The van der Waals surface area contributed by atoms with Crippen molar-refractivity contribution in [2.45, 2.75) is 52.2 Å². The number of carbonyl (C=O) groups is 2. The van der Waals surface area contributed by atoms with E-state index in [4.69, 9.17) is 5.73 Å². The first-order chi connectivity index (χ1) is 14.3. The number of amides is 2. The molecule has 1 saturated heterocycles. The van der Waals surface area contributed by atoms with Gasteiger partial charge in [-0.15, -0.1) is 0 Å². The van der Waals surface area contributed by atoms with Crippen LogP contribution in [0.1, 0.15) is 37.9 Å². The number of aryl methyl sites for hydroxylation is 1. The summed E-state index contributed by atoms with van der Waals surface area (Å²) in [4.78, 5) is 29.3. The molecule has 0 spiro atoms. The molecule has 2 amide bonds. The number of pyridine rings is 1. The van der Waals surface area contributed by atoms with Crippen LogP contribution in [0.5, 0.6) is 0 Å². The van der Waals surface area contributed by atoms with Crippen molar-refractivity contribution in [1.82, 2.24) is 20.9 Å². The van der Waals surface area contributed by atoms with Crippen molar-refractivity contribution in [3.8, 4) is 0 Å². The predicted molar refractivity (Wildman–Crippen MR) is 120 cm³/mol. The largest absolute Gasteiger partial charge is 0.384 e. The second kappa shape index (κ2) is 11.3. The number of rotatable bonds is 8. The Labute approximate surface area is 178 Å². The molecule has 2 rings (SSSR count). The summed E-state index contributed by atoms with van der Waals surface area (Å²) in [6.07, 6.45) is 9.47. The first-order valence-electron chi connectivity index (χ1n) is 10.3. The number of piperidine rings is 1. The molecule has 0 aromatic carbocycles. The lowest BCUT2D eigenvalue weighted by atomic mass is 9.86. The van der Waals surface area contributed by atoms with Crippen LogP contribution in [0, 0.1) is 12.8 Å². The molecule has 0 unspecified atom stereocenters. The van der Waals surface area contributed by atoms with Crippen LogP contribution in [-0.4, -0.2) is 35.4 Å². The highest BCUT2D eigenvalue weighted by Gasteiger charge is 2.29. The van der Waals surface area contributed by atoms with E-state index in [2.05, 4.69) is 27.5 Å². The van der Waals surface area contributed by atoms with Crippen LogP contribution in [0.2, 0.25) is 0 Å². The second-order valence-electron chi connectivity index (χ2n) is 7.62. The van der Waals surface area contributed by atoms with Gasteiger partial charge in [0.25, 0.3) is 0 Å². The van der Waals surface area contributed by atoms with E-state index in [1.54, 1.807) is 13.0 Å². The van der Waals surface area contributed by atoms with Gasteiger partial charge in [0.2, 0.25) is 11.8 Å². The Balaban J connectivity index is 1.84. The Morgan fingerprint density at radius 3 is 2.87 bits per heavy atom. The third kappa shape index (κ3) is 6.84. The molecule has 0 bridgehead atoms. The Morgan fingerprint density at radius 1 is 1.40 bits per heavy atom. The number of hydrogen-bond donors (Lipinski definition) is 4. The number of nitrogens with two attached hydrogens (primary N) is 1. The maximum atomic E-state index is 12.7. The monoisotopic (exact) mass is 411 g/mol. The summed E-state index contributed by atoms with van der Waals surface area (Å²) in [6, 6.07) is 2.56. The van der Waals surface area contributed by atoms with Crippen LogP contribution in [0.3, 0.4) is 0 Å². The van der Waals surface area contributed by atoms with E-state index in [1.165, 1.54) is 0 Å². The quantitative estimate of drug-likeness (QED) is 0.490. The number of nitrogens with one attached hydrogen (secondary N) is 3. The molecule has 1 aliphatic rings. The van der Waals surface area contributed by atoms with Gasteiger partial charge in [0.15, 0.2) is 0 Å². The zero-order chi connectivity index (χ0) is 22.1. The minimum absolute atomic E-state index is 0.169. The van der Waals surface area contributed by atoms with Crippen molar-refractivity contribution in [2.24, 2.45) is 5.92 Å². The Morgan fingerprint density at radius 2 is 2.17 bits per heavy atom. The molecule has 2 heterocycles. The molecule has 30 heavy (non-hydrogen) atoms. The van der Waals surface area contributed by atoms with Gasteiger partial charge < -0.3 is 21.7 Å². The summed E-state index contributed by atoms with van der Waals surface area (Å²) in [7, 11) is 0. The van der Waals surface area contributed by atoms with Crippen molar-refractivity contribution in [2.75, 3.05) is 12.3 Å². The average molecular weight is 412 g/mol. The highest BCUT2D eigenvalue weighted by Crippen LogP contribution is 2.24. The number of carbonyl (C=O) groups excluding carboxylic acids is 2.